The van der Waals surface area contributed by atoms with Crippen LogP contribution in [0.3, 0.4) is 0 Å². The van der Waals surface area contributed by atoms with Crippen molar-refractivity contribution in [3.8, 4) is 11.4 Å². The van der Waals surface area contributed by atoms with E-state index in [1.54, 1.807) is 7.05 Å². The molecule has 3 rings (SSSR count). The molecule has 2 aromatic rings. The number of likely N-dealkylation sites (N-methyl/N-ethyl adjacent to an activating group) is 1. The summed E-state index contributed by atoms with van der Waals surface area (Å²) in [6.07, 6.45) is 0.956. The summed E-state index contributed by atoms with van der Waals surface area (Å²) in [5.74, 6) is 0.152. The van der Waals surface area contributed by atoms with Gasteiger partial charge in [-0.2, -0.15) is 0 Å². The molecular formula is C22H30ClN5O2. The molecule has 30 heavy (non-hydrogen) atoms. The molecule has 1 aromatic heterocycles. The fourth-order valence-electron chi connectivity index (χ4n) is 3.77. The smallest absolute Gasteiger partial charge is 0.272 e. The predicted molar refractivity (Wildman–Crippen MR) is 118 cm³/mol. The predicted octanol–water partition coefficient (Wildman–Crippen LogP) is 2.93. The number of rotatable bonds is 4. The van der Waals surface area contributed by atoms with E-state index in [9.17, 15) is 9.59 Å². The second-order valence-electron chi connectivity index (χ2n) is 8.87. The Morgan fingerprint density at radius 1 is 1.23 bits per heavy atom. The Morgan fingerprint density at radius 2 is 1.97 bits per heavy atom. The molecular weight excluding hydrogens is 402 g/mol. The third kappa shape index (κ3) is 4.68. The summed E-state index contributed by atoms with van der Waals surface area (Å²) >= 11 is 6.20. The van der Waals surface area contributed by atoms with Crippen LogP contribution in [0.4, 0.5) is 0 Å². The number of imidazole rings is 1. The van der Waals surface area contributed by atoms with Crippen molar-refractivity contribution in [2.45, 2.75) is 46.3 Å². The highest BCUT2D eigenvalue weighted by molar-refractivity contribution is 6.30. The standard InChI is InChI=1S/C22H30ClN5O2/c1-22(2,3)18(21(30)24-4)26-20(29)17-16-13-27(5)10-7-11-28(16)19(25-17)14-8-6-9-15(23)12-14/h6,8-9,12,18H,7,10-11,13H2,1-5H3,(H,24,30)(H,26,29)/t18-/m1/s1. The van der Waals surface area contributed by atoms with Gasteiger partial charge in [0.1, 0.15) is 11.9 Å². The molecule has 0 aliphatic carbocycles. The number of halogens is 1. The van der Waals surface area contributed by atoms with Gasteiger partial charge in [-0.1, -0.05) is 44.5 Å². The first-order chi connectivity index (χ1) is 14.1. The van der Waals surface area contributed by atoms with Gasteiger partial charge in [0.05, 0.1) is 5.69 Å². The van der Waals surface area contributed by atoms with Crippen LogP contribution in [0.2, 0.25) is 5.02 Å². The Labute approximate surface area is 182 Å². The number of nitrogens with one attached hydrogen (secondary N) is 2. The minimum Gasteiger partial charge on any atom is -0.357 e. The first-order valence-electron chi connectivity index (χ1n) is 10.2. The number of hydrogen-bond acceptors (Lipinski definition) is 4. The zero-order valence-electron chi connectivity index (χ0n) is 18.3. The van der Waals surface area contributed by atoms with Crippen LogP contribution in [-0.4, -0.2) is 52.9 Å². The summed E-state index contributed by atoms with van der Waals surface area (Å²) in [4.78, 5) is 32.6. The van der Waals surface area contributed by atoms with Crippen molar-refractivity contribution in [2.75, 3.05) is 20.6 Å². The van der Waals surface area contributed by atoms with Crippen LogP contribution >= 0.6 is 11.6 Å². The van der Waals surface area contributed by atoms with E-state index >= 15 is 0 Å². The number of amides is 2. The second kappa shape index (κ2) is 8.78. The van der Waals surface area contributed by atoms with E-state index in [0.29, 0.717) is 17.3 Å². The maximum Gasteiger partial charge on any atom is 0.272 e. The van der Waals surface area contributed by atoms with Crippen LogP contribution in [-0.2, 0) is 17.9 Å². The van der Waals surface area contributed by atoms with Crippen molar-refractivity contribution >= 4 is 23.4 Å². The summed E-state index contributed by atoms with van der Waals surface area (Å²) in [6.45, 7) is 8.07. The van der Waals surface area contributed by atoms with E-state index in [-0.39, 0.29) is 11.8 Å². The lowest BCUT2D eigenvalue weighted by Gasteiger charge is -2.29. The first-order valence-corrected chi connectivity index (χ1v) is 10.6. The average Bonchev–Trinajstić information content (AvgIpc) is 2.91. The highest BCUT2D eigenvalue weighted by Crippen LogP contribution is 2.28. The van der Waals surface area contributed by atoms with E-state index in [0.717, 1.165) is 36.6 Å². The molecule has 1 atom stereocenters. The van der Waals surface area contributed by atoms with Crippen LogP contribution < -0.4 is 10.6 Å². The van der Waals surface area contributed by atoms with E-state index in [1.807, 2.05) is 52.1 Å². The van der Waals surface area contributed by atoms with Crippen molar-refractivity contribution in [1.82, 2.24) is 25.1 Å². The van der Waals surface area contributed by atoms with Gasteiger partial charge in [-0.3, -0.25) is 9.59 Å². The molecule has 7 nitrogen and oxygen atoms in total. The monoisotopic (exact) mass is 431 g/mol. The summed E-state index contributed by atoms with van der Waals surface area (Å²) in [7, 11) is 3.61. The SMILES string of the molecule is CNC(=O)[C@@H](NC(=O)c1nc(-c2cccc(Cl)c2)n2c1CN(C)CCC2)C(C)(C)C. The summed E-state index contributed by atoms with van der Waals surface area (Å²) in [5.41, 5.74) is 1.63. The van der Waals surface area contributed by atoms with E-state index in [4.69, 9.17) is 16.6 Å². The third-order valence-electron chi connectivity index (χ3n) is 5.36. The van der Waals surface area contributed by atoms with Gasteiger partial charge in [-0.25, -0.2) is 4.98 Å². The number of hydrogen-bond donors (Lipinski definition) is 2. The molecule has 0 saturated heterocycles. The number of nitrogens with zero attached hydrogens (tertiary/aromatic N) is 3. The molecule has 8 heteroatoms. The maximum atomic E-state index is 13.3. The highest BCUT2D eigenvalue weighted by Gasteiger charge is 2.34. The highest BCUT2D eigenvalue weighted by atomic mass is 35.5. The lowest BCUT2D eigenvalue weighted by atomic mass is 9.86. The van der Waals surface area contributed by atoms with E-state index in [1.165, 1.54) is 0 Å². The Hall–Kier alpha value is -2.38. The summed E-state index contributed by atoms with van der Waals surface area (Å²) in [6, 6.07) is 6.82. The van der Waals surface area contributed by atoms with E-state index < -0.39 is 11.5 Å². The molecule has 2 amide bonds. The largest absolute Gasteiger partial charge is 0.357 e. The fourth-order valence-corrected chi connectivity index (χ4v) is 3.96. The Balaban J connectivity index is 2.05. The van der Waals surface area contributed by atoms with Crippen LogP contribution in [0.15, 0.2) is 24.3 Å². The van der Waals surface area contributed by atoms with Crippen molar-refractivity contribution in [3.63, 3.8) is 0 Å². The molecule has 162 valence electrons. The van der Waals surface area contributed by atoms with Gasteiger partial charge < -0.3 is 20.1 Å². The van der Waals surface area contributed by atoms with Gasteiger partial charge in [0, 0.05) is 30.7 Å². The van der Waals surface area contributed by atoms with Crippen molar-refractivity contribution in [3.05, 3.63) is 40.7 Å². The molecule has 0 bridgehead atoms. The maximum absolute atomic E-state index is 13.3. The quantitative estimate of drug-likeness (QED) is 0.780. The van der Waals surface area contributed by atoms with Crippen LogP contribution in [0, 0.1) is 5.41 Å². The third-order valence-corrected chi connectivity index (χ3v) is 5.60. The lowest BCUT2D eigenvalue weighted by molar-refractivity contribution is -0.124. The summed E-state index contributed by atoms with van der Waals surface area (Å²) < 4.78 is 2.11. The number of aromatic nitrogens is 2. The number of carbonyl (C=O) groups is 2. The van der Waals surface area contributed by atoms with Gasteiger partial charge in [-0.15, -0.1) is 0 Å². The molecule has 0 fully saturated rings. The number of fused-ring (bicyclic) bond motifs is 1. The van der Waals surface area contributed by atoms with Crippen LogP contribution in [0.25, 0.3) is 11.4 Å². The topological polar surface area (TPSA) is 79.3 Å². The van der Waals surface area contributed by atoms with Gasteiger partial charge in [0.2, 0.25) is 5.91 Å². The van der Waals surface area contributed by atoms with Gasteiger partial charge in [0.15, 0.2) is 5.69 Å². The van der Waals surface area contributed by atoms with Crippen LogP contribution in [0.5, 0.6) is 0 Å². The molecule has 1 aliphatic heterocycles. The zero-order chi connectivity index (χ0) is 22.1. The molecule has 0 unspecified atom stereocenters. The number of benzene rings is 1. The second-order valence-corrected chi connectivity index (χ2v) is 9.31. The molecule has 2 N–H and O–H groups in total. The fraction of sp³-hybridized carbons (Fsp3) is 0.500. The minimum absolute atomic E-state index is 0.228. The van der Waals surface area contributed by atoms with Crippen LogP contribution in [0.1, 0.15) is 43.4 Å². The zero-order valence-corrected chi connectivity index (χ0v) is 19.0. The first kappa shape index (κ1) is 22.3. The number of carbonyl (C=O) groups excluding carboxylic acids is 2. The Kier molecular flexibility index (Phi) is 6.53. The summed E-state index contributed by atoms with van der Waals surface area (Å²) in [5, 5.41) is 6.18. The molecule has 0 radical (unpaired) electrons. The molecule has 1 aliphatic rings. The molecule has 0 saturated carbocycles. The molecule has 0 spiro atoms. The lowest BCUT2D eigenvalue weighted by Crippen LogP contribution is -2.53. The normalized spacial score (nSPS) is 15.8. The van der Waals surface area contributed by atoms with Gasteiger partial charge in [0.25, 0.3) is 5.91 Å². The molecule has 2 heterocycles. The van der Waals surface area contributed by atoms with Crippen molar-refractivity contribution < 1.29 is 9.59 Å². The molecule has 1 aromatic carbocycles. The van der Waals surface area contributed by atoms with Crippen molar-refractivity contribution in [2.24, 2.45) is 5.41 Å². The minimum atomic E-state index is -0.675. The van der Waals surface area contributed by atoms with Crippen molar-refractivity contribution in [1.29, 1.82) is 0 Å². The Bertz CT molecular complexity index is 947. The Morgan fingerprint density at radius 3 is 2.60 bits per heavy atom. The van der Waals surface area contributed by atoms with E-state index in [2.05, 4.69) is 20.1 Å². The van der Waals surface area contributed by atoms with Gasteiger partial charge >= 0.3 is 0 Å². The average molecular weight is 432 g/mol. The van der Waals surface area contributed by atoms with Gasteiger partial charge in [-0.05, 0) is 37.6 Å².